The minimum atomic E-state index is -0.729. The third kappa shape index (κ3) is 17.0. The number of rotatable bonds is 15. The van der Waals surface area contributed by atoms with Crippen molar-refractivity contribution in [3.63, 3.8) is 0 Å². The summed E-state index contributed by atoms with van der Waals surface area (Å²) < 4.78 is 5.21. The molecule has 0 radical (unpaired) electrons. The number of carbonyl (C=O) groups is 2. The lowest BCUT2D eigenvalue weighted by Crippen LogP contribution is -2.05. The molecule has 0 saturated heterocycles. The molecular weight excluding hydrogens is 280 g/mol. The summed E-state index contributed by atoms with van der Waals surface area (Å²) in [7, 11) is 0. The molecular formula is C18H34O4. The fraction of sp³-hybridized carbons (Fsp3) is 0.889. The van der Waals surface area contributed by atoms with Crippen LogP contribution in [0.5, 0.6) is 0 Å². The van der Waals surface area contributed by atoms with Crippen LogP contribution in [-0.2, 0) is 14.3 Å². The lowest BCUT2D eigenvalue weighted by molar-refractivity contribution is -0.144. The maximum Gasteiger partial charge on any atom is 0.305 e. The largest absolute Gasteiger partial charge is 0.481 e. The zero-order valence-corrected chi connectivity index (χ0v) is 14.4. The number of hydrogen-bond donors (Lipinski definition) is 1. The predicted octanol–water partition coefficient (Wildman–Crippen LogP) is 4.95. The van der Waals surface area contributed by atoms with E-state index in [1.807, 2.05) is 0 Å². The summed E-state index contributed by atoms with van der Waals surface area (Å²) in [5.41, 5.74) is 0. The van der Waals surface area contributed by atoms with Gasteiger partial charge in [0, 0.05) is 12.8 Å². The van der Waals surface area contributed by atoms with Crippen molar-refractivity contribution in [3.8, 4) is 0 Å². The molecule has 0 bridgehead atoms. The van der Waals surface area contributed by atoms with E-state index in [1.54, 1.807) is 0 Å². The van der Waals surface area contributed by atoms with Gasteiger partial charge in [0.15, 0.2) is 0 Å². The smallest absolute Gasteiger partial charge is 0.305 e. The van der Waals surface area contributed by atoms with E-state index >= 15 is 0 Å². The second-order valence-electron chi connectivity index (χ2n) is 6.48. The Morgan fingerprint density at radius 2 is 1.36 bits per heavy atom. The Kier molecular flexibility index (Phi) is 14.1. The molecule has 0 aromatic carbocycles. The van der Waals surface area contributed by atoms with Crippen LogP contribution in [-0.4, -0.2) is 23.7 Å². The molecule has 0 aliphatic rings. The Hall–Kier alpha value is -1.06. The van der Waals surface area contributed by atoms with Gasteiger partial charge >= 0.3 is 11.9 Å². The van der Waals surface area contributed by atoms with E-state index in [0.29, 0.717) is 13.0 Å². The Labute approximate surface area is 135 Å². The highest BCUT2D eigenvalue weighted by atomic mass is 16.5. The minimum absolute atomic E-state index is 0.0901. The van der Waals surface area contributed by atoms with Gasteiger partial charge < -0.3 is 9.84 Å². The topological polar surface area (TPSA) is 63.6 Å². The number of hydrogen-bond acceptors (Lipinski definition) is 3. The average Bonchev–Trinajstić information content (AvgIpc) is 2.44. The van der Waals surface area contributed by atoms with Crippen molar-refractivity contribution in [3.05, 3.63) is 0 Å². The molecule has 0 aromatic rings. The first kappa shape index (κ1) is 20.9. The molecule has 0 atom stereocenters. The molecule has 130 valence electrons. The number of carboxylic acid groups (broad SMARTS) is 1. The first-order valence-corrected chi connectivity index (χ1v) is 8.89. The third-order valence-electron chi connectivity index (χ3n) is 3.71. The fourth-order valence-corrected chi connectivity index (χ4v) is 2.34. The van der Waals surface area contributed by atoms with Crippen molar-refractivity contribution in [2.24, 2.45) is 5.92 Å². The molecule has 0 spiro atoms. The molecule has 4 nitrogen and oxygen atoms in total. The molecule has 0 unspecified atom stereocenters. The van der Waals surface area contributed by atoms with Crippen molar-refractivity contribution >= 4 is 11.9 Å². The molecule has 22 heavy (non-hydrogen) atoms. The van der Waals surface area contributed by atoms with Gasteiger partial charge in [-0.1, -0.05) is 58.8 Å². The third-order valence-corrected chi connectivity index (χ3v) is 3.71. The van der Waals surface area contributed by atoms with Crippen molar-refractivity contribution in [1.82, 2.24) is 0 Å². The highest BCUT2D eigenvalue weighted by Gasteiger charge is 2.03. The van der Waals surface area contributed by atoms with Gasteiger partial charge in [-0.3, -0.25) is 9.59 Å². The lowest BCUT2D eigenvalue weighted by atomic mass is 10.0. The predicted molar refractivity (Wildman–Crippen MR) is 88.8 cm³/mol. The zero-order valence-electron chi connectivity index (χ0n) is 14.4. The number of esters is 1. The molecule has 0 rings (SSSR count). The lowest BCUT2D eigenvalue weighted by Gasteiger charge is -2.06. The number of carboxylic acids is 1. The molecule has 0 aromatic heterocycles. The number of unbranched alkanes of at least 4 members (excludes halogenated alkanes) is 7. The highest BCUT2D eigenvalue weighted by Crippen LogP contribution is 2.10. The van der Waals surface area contributed by atoms with E-state index in [1.165, 1.54) is 19.3 Å². The number of carbonyl (C=O) groups excluding carboxylic acids is 1. The zero-order chi connectivity index (χ0) is 16.6. The summed E-state index contributed by atoms with van der Waals surface area (Å²) in [5.74, 6) is -0.0394. The Balaban J connectivity index is 3.21. The summed E-state index contributed by atoms with van der Waals surface area (Å²) in [6.45, 7) is 5.04. The Morgan fingerprint density at radius 3 is 2.00 bits per heavy atom. The highest BCUT2D eigenvalue weighted by molar-refractivity contribution is 5.69. The number of aliphatic carboxylic acids is 1. The first-order valence-electron chi connectivity index (χ1n) is 8.89. The van der Waals surface area contributed by atoms with Gasteiger partial charge in [0.05, 0.1) is 6.61 Å². The van der Waals surface area contributed by atoms with Crippen LogP contribution in [0.15, 0.2) is 0 Å². The van der Waals surface area contributed by atoms with Crippen LogP contribution in [0.2, 0.25) is 0 Å². The number of ether oxygens (including phenoxy) is 1. The van der Waals surface area contributed by atoms with Crippen LogP contribution in [0.3, 0.4) is 0 Å². The first-order chi connectivity index (χ1) is 10.5. The minimum Gasteiger partial charge on any atom is -0.481 e. The van der Waals surface area contributed by atoms with Gasteiger partial charge in [-0.15, -0.1) is 0 Å². The van der Waals surface area contributed by atoms with E-state index in [2.05, 4.69) is 13.8 Å². The van der Waals surface area contributed by atoms with Crippen molar-refractivity contribution in [2.45, 2.75) is 90.9 Å². The normalized spacial score (nSPS) is 10.9. The second-order valence-corrected chi connectivity index (χ2v) is 6.48. The SMILES string of the molecule is CC(C)CCCCCCOC(=O)CCCCCCCC(=O)O. The van der Waals surface area contributed by atoms with Crippen LogP contribution >= 0.6 is 0 Å². The Morgan fingerprint density at radius 1 is 0.818 bits per heavy atom. The standard InChI is InChI=1S/C18H34O4/c1-16(2)12-8-6-7-11-15-22-18(21)14-10-5-3-4-9-13-17(19)20/h16H,3-15H2,1-2H3,(H,19,20). The Bertz CT molecular complexity index is 287. The van der Waals surface area contributed by atoms with Gasteiger partial charge in [-0.05, 0) is 25.2 Å². The molecule has 0 fully saturated rings. The monoisotopic (exact) mass is 314 g/mol. The molecule has 0 aliphatic carbocycles. The van der Waals surface area contributed by atoms with Crippen LogP contribution in [0.1, 0.15) is 90.9 Å². The van der Waals surface area contributed by atoms with Crippen molar-refractivity contribution < 1.29 is 19.4 Å². The fourth-order valence-electron chi connectivity index (χ4n) is 2.34. The van der Waals surface area contributed by atoms with E-state index in [0.717, 1.165) is 50.9 Å². The van der Waals surface area contributed by atoms with Gasteiger partial charge in [0.1, 0.15) is 0 Å². The van der Waals surface area contributed by atoms with Crippen molar-refractivity contribution in [2.75, 3.05) is 6.61 Å². The molecule has 0 aliphatic heterocycles. The van der Waals surface area contributed by atoms with Crippen LogP contribution in [0.4, 0.5) is 0 Å². The van der Waals surface area contributed by atoms with Gasteiger partial charge in [-0.25, -0.2) is 0 Å². The quantitative estimate of drug-likeness (QED) is 0.343. The van der Waals surface area contributed by atoms with Gasteiger partial charge in [-0.2, -0.15) is 0 Å². The van der Waals surface area contributed by atoms with E-state index in [4.69, 9.17) is 9.84 Å². The summed E-state index contributed by atoms with van der Waals surface area (Å²) in [5, 5.41) is 8.50. The van der Waals surface area contributed by atoms with Gasteiger partial charge in [0.2, 0.25) is 0 Å². The van der Waals surface area contributed by atoms with Gasteiger partial charge in [0.25, 0.3) is 0 Å². The maximum absolute atomic E-state index is 11.5. The van der Waals surface area contributed by atoms with E-state index in [-0.39, 0.29) is 12.4 Å². The van der Waals surface area contributed by atoms with E-state index < -0.39 is 5.97 Å². The summed E-state index contributed by atoms with van der Waals surface area (Å²) >= 11 is 0. The van der Waals surface area contributed by atoms with Crippen LogP contribution in [0, 0.1) is 5.92 Å². The molecule has 4 heteroatoms. The van der Waals surface area contributed by atoms with Crippen LogP contribution < -0.4 is 0 Å². The summed E-state index contributed by atoms with van der Waals surface area (Å²) in [6.07, 6.45) is 11.1. The van der Waals surface area contributed by atoms with Crippen LogP contribution in [0.25, 0.3) is 0 Å². The average molecular weight is 314 g/mol. The molecule has 1 N–H and O–H groups in total. The summed E-state index contributed by atoms with van der Waals surface area (Å²) in [6, 6.07) is 0. The maximum atomic E-state index is 11.5. The second kappa shape index (κ2) is 14.9. The van der Waals surface area contributed by atoms with Crippen molar-refractivity contribution in [1.29, 1.82) is 0 Å². The van der Waals surface area contributed by atoms with E-state index in [9.17, 15) is 9.59 Å². The molecule has 0 heterocycles. The summed E-state index contributed by atoms with van der Waals surface area (Å²) in [4.78, 5) is 21.8. The molecule has 0 amide bonds. The molecule has 0 saturated carbocycles.